The third-order valence-electron chi connectivity index (χ3n) is 3.34. The Bertz CT molecular complexity index is 985. The van der Waals surface area contributed by atoms with E-state index >= 15 is 0 Å². The molecular formula is C17H11BrN4O4. The van der Waals surface area contributed by atoms with Crippen LogP contribution in [0, 0.1) is 10.1 Å². The molecular weight excluding hydrogens is 404 g/mol. The van der Waals surface area contributed by atoms with Crippen LogP contribution in [0.15, 0.2) is 68.8 Å². The second kappa shape index (κ2) is 7.70. The molecule has 1 amide bonds. The van der Waals surface area contributed by atoms with Crippen LogP contribution in [0.2, 0.25) is 0 Å². The lowest BCUT2D eigenvalue weighted by atomic mass is 10.1. The van der Waals surface area contributed by atoms with Gasteiger partial charge >= 0.3 is 0 Å². The molecule has 0 saturated heterocycles. The van der Waals surface area contributed by atoms with E-state index in [1.165, 1.54) is 24.5 Å². The molecule has 0 bridgehead atoms. The van der Waals surface area contributed by atoms with E-state index in [2.05, 4.69) is 31.4 Å². The molecule has 0 atom stereocenters. The highest BCUT2D eigenvalue weighted by Crippen LogP contribution is 2.32. The molecule has 3 aromatic rings. The van der Waals surface area contributed by atoms with E-state index in [0.29, 0.717) is 27.1 Å². The highest BCUT2D eigenvalue weighted by atomic mass is 79.9. The van der Waals surface area contributed by atoms with Gasteiger partial charge in [-0.25, -0.2) is 5.43 Å². The van der Waals surface area contributed by atoms with Crippen molar-refractivity contribution in [3.8, 4) is 11.3 Å². The zero-order valence-corrected chi connectivity index (χ0v) is 14.7. The lowest BCUT2D eigenvalue weighted by Crippen LogP contribution is -2.17. The van der Waals surface area contributed by atoms with Crippen LogP contribution in [0.3, 0.4) is 0 Å². The number of pyridine rings is 1. The summed E-state index contributed by atoms with van der Waals surface area (Å²) in [5.74, 6) is 0.530. The van der Waals surface area contributed by atoms with E-state index in [-0.39, 0.29) is 11.6 Å². The zero-order valence-electron chi connectivity index (χ0n) is 13.1. The van der Waals surface area contributed by atoms with Crippen LogP contribution in [0.4, 0.5) is 5.69 Å². The number of nitro benzene ring substituents is 1. The Labute approximate surface area is 155 Å². The van der Waals surface area contributed by atoms with Crippen LogP contribution >= 0.6 is 15.9 Å². The first-order valence-corrected chi connectivity index (χ1v) is 8.11. The van der Waals surface area contributed by atoms with Gasteiger partial charge in [0, 0.05) is 34.6 Å². The predicted octanol–water partition coefficient (Wildman–Crippen LogP) is 3.78. The topological polar surface area (TPSA) is 111 Å². The van der Waals surface area contributed by atoms with Crippen LogP contribution in [0.1, 0.15) is 16.1 Å². The lowest BCUT2D eigenvalue weighted by Gasteiger charge is -2.00. The predicted molar refractivity (Wildman–Crippen MR) is 97.8 cm³/mol. The van der Waals surface area contributed by atoms with Crippen LogP contribution in [0.25, 0.3) is 11.3 Å². The van der Waals surface area contributed by atoms with Gasteiger partial charge in [0.15, 0.2) is 0 Å². The van der Waals surface area contributed by atoms with E-state index in [0.717, 1.165) is 0 Å². The van der Waals surface area contributed by atoms with Crippen molar-refractivity contribution >= 4 is 33.7 Å². The van der Waals surface area contributed by atoms with Crippen molar-refractivity contribution in [1.82, 2.24) is 10.4 Å². The Hall–Kier alpha value is -3.33. The lowest BCUT2D eigenvalue weighted by molar-refractivity contribution is -0.384. The number of nitrogens with one attached hydrogen (secondary N) is 1. The SMILES string of the molecule is O=C(N/N=C\c1ccc(-c2ccc([N+](=O)[O-])cc2Br)o1)c1cccnc1. The second-order valence-electron chi connectivity index (χ2n) is 5.06. The summed E-state index contributed by atoms with van der Waals surface area (Å²) in [6, 6.07) is 11.0. The average molecular weight is 415 g/mol. The summed E-state index contributed by atoms with van der Waals surface area (Å²) < 4.78 is 6.16. The summed E-state index contributed by atoms with van der Waals surface area (Å²) in [4.78, 5) is 26.0. The fraction of sp³-hybridized carbons (Fsp3) is 0. The van der Waals surface area contributed by atoms with Gasteiger partial charge in [0.2, 0.25) is 0 Å². The first kappa shape index (κ1) is 17.5. The van der Waals surface area contributed by atoms with Crippen LogP contribution in [-0.2, 0) is 0 Å². The van der Waals surface area contributed by atoms with Crippen molar-refractivity contribution in [3.05, 3.63) is 80.8 Å². The molecule has 130 valence electrons. The Kier molecular flexibility index (Phi) is 5.18. The molecule has 0 aliphatic rings. The third-order valence-corrected chi connectivity index (χ3v) is 3.99. The number of nitro groups is 1. The van der Waals surface area contributed by atoms with E-state index in [1.807, 2.05) is 0 Å². The number of benzene rings is 1. The van der Waals surface area contributed by atoms with Gasteiger partial charge in [0.05, 0.1) is 16.7 Å². The molecule has 0 spiro atoms. The largest absolute Gasteiger partial charge is 0.455 e. The highest BCUT2D eigenvalue weighted by molar-refractivity contribution is 9.10. The standard InChI is InChI=1S/C17H11BrN4O4/c18-15-8-12(22(24)25)3-5-14(15)16-6-4-13(26-16)10-20-21-17(23)11-2-1-7-19-9-11/h1-10H,(H,21,23)/b20-10-. The number of amides is 1. The minimum absolute atomic E-state index is 0.0212. The van der Waals surface area contributed by atoms with E-state index in [1.54, 1.807) is 36.5 Å². The molecule has 26 heavy (non-hydrogen) atoms. The molecule has 2 aromatic heterocycles. The normalized spacial score (nSPS) is 10.8. The maximum Gasteiger partial charge on any atom is 0.272 e. The van der Waals surface area contributed by atoms with Crippen molar-refractivity contribution in [2.24, 2.45) is 5.10 Å². The summed E-state index contributed by atoms with van der Waals surface area (Å²) in [5.41, 5.74) is 3.40. The average Bonchev–Trinajstić information content (AvgIpc) is 3.10. The first-order chi connectivity index (χ1) is 12.5. The maximum atomic E-state index is 11.8. The van der Waals surface area contributed by atoms with Gasteiger partial charge in [0.25, 0.3) is 11.6 Å². The molecule has 0 aliphatic carbocycles. The summed E-state index contributed by atoms with van der Waals surface area (Å²) in [6.07, 6.45) is 4.36. The van der Waals surface area contributed by atoms with Crippen molar-refractivity contribution in [3.63, 3.8) is 0 Å². The summed E-state index contributed by atoms with van der Waals surface area (Å²) in [6.45, 7) is 0. The molecule has 0 saturated carbocycles. The van der Waals surface area contributed by atoms with Gasteiger partial charge < -0.3 is 4.42 Å². The highest BCUT2D eigenvalue weighted by Gasteiger charge is 2.13. The third kappa shape index (κ3) is 4.01. The molecule has 3 rings (SSSR count). The summed E-state index contributed by atoms with van der Waals surface area (Å²) >= 11 is 3.30. The van der Waals surface area contributed by atoms with Gasteiger partial charge in [-0.3, -0.25) is 19.9 Å². The molecule has 0 radical (unpaired) electrons. The Morgan fingerprint density at radius 3 is 2.85 bits per heavy atom. The molecule has 1 N–H and O–H groups in total. The fourth-order valence-electron chi connectivity index (χ4n) is 2.10. The van der Waals surface area contributed by atoms with E-state index in [4.69, 9.17) is 4.42 Å². The number of carbonyl (C=O) groups is 1. The molecule has 0 aliphatic heterocycles. The van der Waals surface area contributed by atoms with E-state index < -0.39 is 4.92 Å². The number of halogens is 1. The smallest absolute Gasteiger partial charge is 0.272 e. The van der Waals surface area contributed by atoms with Crippen LogP contribution in [-0.4, -0.2) is 22.0 Å². The van der Waals surface area contributed by atoms with Crippen molar-refractivity contribution < 1.29 is 14.1 Å². The number of carbonyl (C=O) groups excluding carboxylic acids is 1. The minimum atomic E-state index is -0.473. The number of rotatable bonds is 5. The van der Waals surface area contributed by atoms with Gasteiger partial charge in [0.1, 0.15) is 11.5 Å². The quantitative estimate of drug-likeness (QED) is 0.387. The number of nitrogens with zero attached hydrogens (tertiary/aromatic N) is 3. The van der Waals surface area contributed by atoms with Crippen molar-refractivity contribution in [2.75, 3.05) is 0 Å². The van der Waals surface area contributed by atoms with Gasteiger partial charge in [-0.2, -0.15) is 5.10 Å². The number of hydrogen-bond acceptors (Lipinski definition) is 6. The summed E-state index contributed by atoms with van der Waals surface area (Å²) in [5, 5.41) is 14.6. The summed E-state index contributed by atoms with van der Waals surface area (Å²) in [7, 11) is 0. The van der Waals surface area contributed by atoms with E-state index in [9.17, 15) is 14.9 Å². The first-order valence-electron chi connectivity index (χ1n) is 7.32. The Morgan fingerprint density at radius 2 is 2.15 bits per heavy atom. The monoisotopic (exact) mass is 414 g/mol. The zero-order chi connectivity index (χ0) is 18.5. The number of furan rings is 1. The molecule has 0 fully saturated rings. The number of aromatic nitrogens is 1. The fourth-order valence-corrected chi connectivity index (χ4v) is 2.66. The van der Waals surface area contributed by atoms with Gasteiger partial charge in [-0.1, -0.05) is 0 Å². The van der Waals surface area contributed by atoms with Crippen molar-refractivity contribution in [2.45, 2.75) is 0 Å². The van der Waals surface area contributed by atoms with Crippen LogP contribution in [0.5, 0.6) is 0 Å². The van der Waals surface area contributed by atoms with Gasteiger partial charge in [-0.05, 0) is 46.3 Å². The maximum absolute atomic E-state index is 11.8. The van der Waals surface area contributed by atoms with Crippen LogP contribution < -0.4 is 5.43 Å². The van der Waals surface area contributed by atoms with Gasteiger partial charge in [-0.15, -0.1) is 0 Å². The molecule has 8 nitrogen and oxygen atoms in total. The number of hydrogen-bond donors (Lipinski definition) is 1. The van der Waals surface area contributed by atoms with Crippen molar-refractivity contribution in [1.29, 1.82) is 0 Å². The second-order valence-corrected chi connectivity index (χ2v) is 5.92. The Balaban J connectivity index is 1.70. The molecule has 1 aromatic carbocycles. The molecule has 9 heteroatoms. The minimum Gasteiger partial charge on any atom is -0.455 e. The molecule has 2 heterocycles. The molecule has 0 unspecified atom stereocenters. The number of non-ortho nitro benzene ring substituents is 1. The number of hydrazone groups is 1. The Morgan fingerprint density at radius 1 is 1.31 bits per heavy atom.